The van der Waals surface area contributed by atoms with Crippen LogP contribution in [0.3, 0.4) is 0 Å². The fourth-order valence-corrected chi connectivity index (χ4v) is 8.59. The Hall–Kier alpha value is -1.78. The summed E-state index contributed by atoms with van der Waals surface area (Å²) in [6, 6.07) is 2.91. The molecular weight excluding hydrogens is 462 g/mol. The van der Waals surface area contributed by atoms with Crippen LogP contribution in [0.25, 0.3) is 0 Å². The van der Waals surface area contributed by atoms with Crippen LogP contribution >= 0.6 is 0 Å². The predicted molar refractivity (Wildman–Crippen MR) is 131 cm³/mol. The first-order valence-corrected chi connectivity index (χ1v) is 13.4. The summed E-state index contributed by atoms with van der Waals surface area (Å²) in [6.07, 6.45) is 5.02. The molecule has 0 amide bonds. The molecule has 0 bridgehead atoms. The molecule has 5 aliphatic rings. The van der Waals surface area contributed by atoms with E-state index in [0.29, 0.717) is 57.3 Å². The van der Waals surface area contributed by atoms with Gasteiger partial charge in [-0.05, 0) is 87.5 Å². The van der Waals surface area contributed by atoms with E-state index in [2.05, 4.69) is 18.8 Å². The highest BCUT2D eigenvalue weighted by Crippen LogP contribution is 2.67. The van der Waals surface area contributed by atoms with Crippen molar-refractivity contribution in [1.29, 1.82) is 0 Å². The lowest BCUT2D eigenvalue weighted by molar-refractivity contribution is -0.208. The lowest BCUT2D eigenvalue weighted by Crippen LogP contribution is -2.55. The number of rotatable bonds is 1. The molecule has 4 fully saturated rings. The van der Waals surface area contributed by atoms with Gasteiger partial charge in [-0.3, -0.25) is 0 Å². The minimum Gasteiger partial charge on any atom is -0.385 e. The van der Waals surface area contributed by atoms with E-state index < -0.39 is 34.0 Å². The maximum absolute atomic E-state index is 14.9. The third-order valence-electron chi connectivity index (χ3n) is 10.4. The van der Waals surface area contributed by atoms with E-state index in [0.717, 1.165) is 24.0 Å². The van der Waals surface area contributed by atoms with Crippen molar-refractivity contribution < 1.29 is 28.5 Å². The van der Waals surface area contributed by atoms with Gasteiger partial charge in [0.1, 0.15) is 17.2 Å². The van der Waals surface area contributed by atoms with Gasteiger partial charge in [0.25, 0.3) is 0 Å². The van der Waals surface area contributed by atoms with Gasteiger partial charge in [-0.1, -0.05) is 18.4 Å². The normalized spacial score (nSPS) is 40.9. The molecule has 1 heterocycles. The first-order chi connectivity index (χ1) is 17.0. The van der Waals surface area contributed by atoms with Crippen LogP contribution in [0.4, 0.5) is 8.78 Å². The number of aliphatic hydroxyl groups is 2. The SMILES string of the molecule is CC#C[C@]1(O)CC[C@H]2[C@@H]3CC[C@@]4(O)CC5(CCC4=C3[C@@H](c3cc(F)c(C)c(F)c3)C[C@@]21C)OCCO5. The van der Waals surface area contributed by atoms with Gasteiger partial charge in [0, 0.05) is 29.7 Å². The number of allylic oxidation sites excluding steroid dienone is 1. The van der Waals surface area contributed by atoms with Crippen molar-refractivity contribution in [3.63, 3.8) is 0 Å². The van der Waals surface area contributed by atoms with Crippen LogP contribution in [0.15, 0.2) is 23.3 Å². The van der Waals surface area contributed by atoms with E-state index in [1.807, 2.05) is 0 Å². The standard InChI is InChI=1S/C30H36F2O4/c1-4-8-29(34)10-6-22-20-5-9-28(33)17-30(35-12-13-36-30)11-7-23(28)26(20)21(16-27(22,29)3)19-14-24(31)18(2)25(32)15-19/h14-15,20-22,33-34H,5-7,9-13,16-17H2,1-3H3/t20-,21+,22-,27-,28+,29-/m0/s1. The molecule has 6 rings (SSSR count). The minimum absolute atomic E-state index is 0.0114. The molecule has 4 aliphatic carbocycles. The van der Waals surface area contributed by atoms with Crippen LogP contribution in [-0.4, -0.2) is 40.4 Å². The Labute approximate surface area is 212 Å². The Morgan fingerprint density at radius 3 is 2.39 bits per heavy atom. The van der Waals surface area contributed by atoms with Gasteiger partial charge < -0.3 is 19.7 Å². The van der Waals surface area contributed by atoms with Crippen molar-refractivity contribution in [1.82, 2.24) is 0 Å². The zero-order chi connectivity index (χ0) is 25.5. The Morgan fingerprint density at radius 1 is 1.03 bits per heavy atom. The summed E-state index contributed by atoms with van der Waals surface area (Å²) in [6.45, 7) is 6.38. The Morgan fingerprint density at radius 2 is 1.72 bits per heavy atom. The Kier molecular flexibility index (Phi) is 5.53. The minimum atomic E-state index is -1.14. The van der Waals surface area contributed by atoms with Gasteiger partial charge >= 0.3 is 0 Å². The number of fused-ring (bicyclic) bond motifs is 4. The van der Waals surface area contributed by atoms with Gasteiger partial charge in [-0.2, -0.15) is 0 Å². The molecule has 6 atom stereocenters. The smallest absolute Gasteiger partial charge is 0.171 e. The number of hydrogen-bond donors (Lipinski definition) is 2. The molecule has 1 aliphatic heterocycles. The number of hydrogen-bond acceptors (Lipinski definition) is 4. The summed E-state index contributed by atoms with van der Waals surface area (Å²) < 4.78 is 41.7. The molecule has 1 saturated heterocycles. The highest BCUT2D eigenvalue weighted by molar-refractivity contribution is 5.45. The van der Waals surface area contributed by atoms with E-state index in [1.54, 1.807) is 6.92 Å². The fraction of sp³-hybridized carbons (Fsp3) is 0.667. The number of benzene rings is 1. The second kappa shape index (κ2) is 8.11. The van der Waals surface area contributed by atoms with Crippen molar-refractivity contribution in [2.24, 2.45) is 17.3 Å². The highest BCUT2D eigenvalue weighted by atomic mass is 19.1. The van der Waals surface area contributed by atoms with Crippen LogP contribution in [0, 0.1) is 47.6 Å². The van der Waals surface area contributed by atoms with Crippen LogP contribution < -0.4 is 0 Å². The molecule has 1 spiro atoms. The van der Waals surface area contributed by atoms with E-state index in [4.69, 9.17) is 9.47 Å². The van der Waals surface area contributed by atoms with Crippen LogP contribution in [0.5, 0.6) is 0 Å². The summed E-state index contributed by atoms with van der Waals surface area (Å²) in [7, 11) is 0. The Balaban J connectivity index is 1.52. The lowest BCUT2D eigenvalue weighted by atomic mass is 9.49. The number of halogens is 2. The third-order valence-corrected chi connectivity index (χ3v) is 10.4. The van der Waals surface area contributed by atoms with Gasteiger partial charge in [-0.15, -0.1) is 5.92 Å². The molecule has 4 nitrogen and oxygen atoms in total. The van der Waals surface area contributed by atoms with Gasteiger partial charge in [0.2, 0.25) is 0 Å². The summed E-state index contributed by atoms with van der Waals surface area (Å²) in [4.78, 5) is 0. The number of ether oxygens (including phenoxy) is 2. The second-order valence-corrected chi connectivity index (χ2v) is 12.1. The van der Waals surface area contributed by atoms with E-state index >= 15 is 0 Å². The summed E-state index contributed by atoms with van der Waals surface area (Å²) in [5.74, 6) is 4.22. The van der Waals surface area contributed by atoms with Crippen LogP contribution in [-0.2, 0) is 9.47 Å². The van der Waals surface area contributed by atoms with Crippen molar-refractivity contribution in [2.75, 3.05) is 13.2 Å². The van der Waals surface area contributed by atoms with E-state index in [1.165, 1.54) is 19.1 Å². The van der Waals surface area contributed by atoms with Crippen LogP contribution in [0.2, 0.25) is 0 Å². The van der Waals surface area contributed by atoms with Gasteiger partial charge in [0.15, 0.2) is 5.79 Å². The fourth-order valence-electron chi connectivity index (χ4n) is 8.59. The summed E-state index contributed by atoms with van der Waals surface area (Å²) >= 11 is 0. The van der Waals surface area contributed by atoms with Crippen molar-refractivity contribution >= 4 is 0 Å². The van der Waals surface area contributed by atoms with E-state index in [9.17, 15) is 19.0 Å². The summed E-state index contributed by atoms with van der Waals surface area (Å²) in [5.41, 5.74) is 0.0240. The molecule has 0 aromatic heterocycles. The largest absolute Gasteiger partial charge is 0.385 e. The van der Waals surface area contributed by atoms with Gasteiger partial charge in [0.05, 0.1) is 18.8 Å². The highest BCUT2D eigenvalue weighted by Gasteiger charge is 2.64. The molecule has 2 N–H and O–H groups in total. The average Bonchev–Trinajstić information content (AvgIpc) is 3.38. The molecule has 1 aromatic carbocycles. The molecule has 6 heteroatoms. The molecule has 36 heavy (non-hydrogen) atoms. The molecule has 0 radical (unpaired) electrons. The monoisotopic (exact) mass is 498 g/mol. The molecule has 194 valence electrons. The van der Waals surface area contributed by atoms with Crippen molar-refractivity contribution in [3.8, 4) is 11.8 Å². The Bertz CT molecular complexity index is 1170. The molecule has 0 unspecified atom stereocenters. The van der Waals surface area contributed by atoms with Gasteiger partial charge in [-0.25, -0.2) is 8.78 Å². The molecular formula is C30H36F2O4. The van der Waals surface area contributed by atoms with Crippen molar-refractivity contribution in [2.45, 2.75) is 95.0 Å². The van der Waals surface area contributed by atoms with E-state index in [-0.39, 0.29) is 23.3 Å². The maximum atomic E-state index is 14.9. The first kappa shape index (κ1) is 24.6. The zero-order valence-corrected chi connectivity index (χ0v) is 21.4. The second-order valence-electron chi connectivity index (χ2n) is 12.1. The quantitative estimate of drug-likeness (QED) is 0.408. The third kappa shape index (κ3) is 3.32. The summed E-state index contributed by atoms with van der Waals surface area (Å²) in [5, 5.41) is 23.8. The molecule has 3 saturated carbocycles. The first-order valence-electron chi connectivity index (χ1n) is 13.4. The molecule has 1 aromatic rings. The average molecular weight is 499 g/mol. The maximum Gasteiger partial charge on any atom is 0.171 e. The topological polar surface area (TPSA) is 58.9 Å². The predicted octanol–water partition coefficient (Wildman–Crippen LogP) is 5.30. The van der Waals surface area contributed by atoms with Crippen molar-refractivity contribution in [3.05, 3.63) is 46.0 Å². The lowest BCUT2D eigenvalue weighted by Gasteiger charge is -2.57. The zero-order valence-electron chi connectivity index (χ0n) is 21.4. The van der Waals surface area contributed by atoms with Crippen LogP contribution in [0.1, 0.15) is 82.3 Å².